The average Bonchev–Trinajstić information content (AvgIpc) is 1.96. The number of ether oxygens (including phenoxy) is 2. The van der Waals surface area contributed by atoms with Gasteiger partial charge in [-0.15, -0.1) is 0 Å². The Labute approximate surface area is 74.0 Å². The van der Waals surface area contributed by atoms with E-state index in [0.717, 1.165) is 0 Å². The third-order valence-corrected chi connectivity index (χ3v) is 1.11. The normalized spacial score (nSPS) is 10.8. The molecule has 0 aromatic heterocycles. The molecule has 0 amide bonds. The van der Waals surface area contributed by atoms with Crippen LogP contribution >= 0.6 is 0 Å². The van der Waals surface area contributed by atoms with Gasteiger partial charge in [-0.25, -0.2) is 4.79 Å². The van der Waals surface area contributed by atoms with Crippen LogP contribution in [-0.4, -0.2) is 25.3 Å². The Kier molecular flexibility index (Phi) is 5.72. The number of carbonyl (C=O) groups excluding carboxylic acids is 1. The van der Waals surface area contributed by atoms with Crippen molar-refractivity contribution >= 4 is 5.97 Å². The number of hydrogen-bond donors (Lipinski definition) is 0. The molecular formula is C9H18O3. The summed E-state index contributed by atoms with van der Waals surface area (Å²) in [6.45, 7) is 8.29. The summed E-state index contributed by atoms with van der Waals surface area (Å²) in [6.07, 6.45) is 0.0802. The summed E-state index contributed by atoms with van der Waals surface area (Å²) in [6, 6.07) is 0. The quantitative estimate of drug-likeness (QED) is 0.594. The second kappa shape index (κ2) is 6.00. The molecular weight excluding hydrogens is 156 g/mol. The third-order valence-electron chi connectivity index (χ3n) is 1.11. The summed E-state index contributed by atoms with van der Waals surface area (Å²) in [4.78, 5) is 10.9. The molecule has 0 aliphatic carbocycles. The first-order valence-corrected chi connectivity index (χ1v) is 4.29. The Balaban J connectivity index is 3.34. The summed E-state index contributed by atoms with van der Waals surface area (Å²) in [7, 11) is 0. The summed E-state index contributed by atoms with van der Waals surface area (Å²) >= 11 is 0. The van der Waals surface area contributed by atoms with Crippen molar-refractivity contribution in [1.82, 2.24) is 0 Å². The van der Waals surface area contributed by atoms with Gasteiger partial charge in [0.25, 0.3) is 0 Å². The predicted octanol–water partition coefficient (Wildman–Crippen LogP) is 1.61. The number of esters is 1. The number of carbonyl (C=O) groups is 1. The van der Waals surface area contributed by atoms with E-state index in [2.05, 4.69) is 0 Å². The van der Waals surface area contributed by atoms with Gasteiger partial charge in [-0.3, -0.25) is 0 Å². The molecule has 0 aromatic carbocycles. The molecule has 0 atom stereocenters. The van der Waals surface area contributed by atoms with Crippen molar-refractivity contribution in [3.63, 3.8) is 0 Å². The Bertz CT molecular complexity index is 116. The van der Waals surface area contributed by atoms with Crippen LogP contribution in [0, 0.1) is 5.92 Å². The second-order valence-corrected chi connectivity index (χ2v) is 3.44. The first kappa shape index (κ1) is 11.4. The predicted molar refractivity (Wildman–Crippen MR) is 46.9 cm³/mol. The maximum absolute atomic E-state index is 10.9. The van der Waals surface area contributed by atoms with E-state index in [4.69, 9.17) is 9.47 Å². The molecule has 0 heterocycles. The lowest BCUT2D eigenvalue weighted by Gasteiger charge is -2.09. The van der Waals surface area contributed by atoms with Gasteiger partial charge >= 0.3 is 5.97 Å². The largest absolute Gasteiger partial charge is 0.464 e. The molecule has 0 fully saturated rings. The Morgan fingerprint density at radius 3 is 2.25 bits per heavy atom. The Morgan fingerprint density at radius 2 is 1.83 bits per heavy atom. The van der Waals surface area contributed by atoms with Crippen molar-refractivity contribution in [2.24, 2.45) is 5.92 Å². The lowest BCUT2D eigenvalue weighted by molar-refractivity contribution is -0.151. The van der Waals surface area contributed by atoms with E-state index in [0.29, 0.717) is 12.5 Å². The molecule has 0 rings (SSSR count). The van der Waals surface area contributed by atoms with Crippen LogP contribution in [0.15, 0.2) is 0 Å². The lowest BCUT2D eigenvalue weighted by Crippen LogP contribution is -2.18. The van der Waals surface area contributed by atoms with E-state index >= 15 is 0 Å². The summed E-state index contributed by atoms with van der Waals surface area (Å²) in [5.41, 5.74) is 0. The maximum atomic E-state index is 10.9. The van der Waals surface area contributed by atoms with Crippen LogP contribution in [0.2, 0.25) is 0 Å². The number of hydrogen-bond acceptors (Lipinski definition) is 3. The Morgan fingerprint density at radius 1 is 1.25 bits per heavy atom. The maximum Gasteiger partial charge on any atom is 0.332 e. The summed E-state index contributed by atoms with van der Waals surface area (Å²) in [5, 5.41) is 0. The van der Waals surface area contributed by atoms with Gasteiger partial charge in [0.05, 0.1) is 12.7 Å². The minimum atomic E-state index is -0.280. The molecule has 12 heavy (non-hydrogen) atoms. The monoisotopic (exact) mass is 174 g/mol. The zero-order chi connectivity index (χ0) is 9.56. The van der Waals surface area contributed by atoms with Crippen molar-refractivity contribution < 1.29 is 14.3 Å². The standard InChI is InChI=1S/C9H18O3/c1-7(2)5-12-9(10)6-11-8(3)4/h7-8H,5-6H2,1-4H3. The minimum Gasteiger partial charge on any atom is -0.464 e. The highest BCUT2D eigenvalue weighted by Crippen LogP contribution is 1.94. The van der Waals surface area contributed by atoms with Gasteiger partial charge in [0.15, 0.2) is 0 Å². The number of rotatable bonds is 5. The van der Waals surface area contributed by atoms with Gasteiger partial charge in [-0.1, -0.05) is 13.8 Å². The van der Waals surface area contributed by atoms with Crippen LogP contribution in [0.3, 0.4) is 0 Å². The van der Waals surface area contributed by atoms with Crippen molar-refractivity contribution in [3.8, 4) is 0 Å². The molecule has 0 saturated carbocycles. The SMILES string of the molecule is CC(C)COC(=O)COC(C)C. The van der Waals surface area contributed by atoms with Crippen LogP contribution in [0.4, 0.5) is 0 Å². The molecule has 0 aliphatic heterocycles. The molecule has 3 heteroatoms. The van der Waals surface area contributed by atoms with E-state index < -0.39 is 0 Å². The molecule has 0 N–H and O–H groups in total. The van der Waals surface area contributed by atoms with Crippen LogP contribution in [0.1, 0.15) is 27.7 Å². The summed E-state index contributed by atoms with van der Waals surface area (Å²) in [5.74, 6) is 0.102. The van der Waals surface area contributed by atoms with Crippen molar-refractivity contribution in [1.29, 1.82) is 0 Å². The van der Waals surface area contributed by atoms with Gasteiger partial charge < -0.3 is 9.47 Å². The highest BCUT2D eigenvalue weighted by atomic mass is 16.6. The molecule has 3 nitrogen and oxygen atoms in total. The zero-order valence-corrected chi connectivity index (χ0v) is 8.29. The molecule has 72 valence electrons. The molecule has 0 saturated heterocycles. The van der Waals surface area contributed by atoms with Crippen molar-refractivity contribution in [2.45, 2.75) is 33.8 Å². The van der Waals surface area contributed by atoms with E-state index in [1.165, 1.54) is 0 Å². The molecule has 0 aromatic rings. The van der Waals surface area contributed by atoms with Crippen LogP contribution in [0.25, 0.3) is 0 Å². The molecule has 0 aliphatic rings. The second-order valence-electron chi connectivity index (χ2n) is 3.44. The van der Waals surface area contributed by atoms with Gasteiger partial charge in [0.1, 0.15) is 6.61 Å². The average molecular weight is 174 g/mol. The van der Waals surface area contributed by atoms with Crippen LogP contribution in [-0.2, 0) is 14.3 Å². The minimum absolute atomic E-state index is 0.0599. The van der Waals surface area contributed by atoms with Gasteiger partial charge in [0.2, 0.25) is 0 Å². The fourth-order valence-corrected chi connectivity index (χ4v) is 0.536. The van der Waals surface area contributed by atoms with Gasteiger partial charge in [0, 0.05) is 0 Å². The highest BCUT2D eigenvalue weighted by molar-refractivity contribution is 5.70. The van der Waals surface area contributed by atoms with Crippen LogP contribution in [0.5, 0.6) is 0 Å². The summed E-state index contributed by atoms with van der Waals surface area (Å²) < 4.78 is 9.95. The first-order valence-electron chi connectivity index (χ1n) is 4.29. The molecule has 0 unspecified atom stereocenters. The van der Waals surface area contributed by atoms with Crippen molar-refractivity contribution in [2.75, 3.05) is 13.2 Å². The third kappa shape index (κ3) is 7.54. The fraction of sp³-hybridized carbons (Fsp3) is 0.889. The van der Waals surface area contributed by atoms with E-state index in [9.17, 15) is 4.79 Å². The van der Waals surface area contributed by atoms with Gasteiger partial charge in [-0.2, -0.15) is 0 Å². The lowest BCUT2D eigenvalue weighted by atomic mass is 10.2. The molecule has 0 spiro atoms. The fourth-order valence-electron chi connectivity index (χ4n) is 0.536. The molecule has 0 radical (unpaired) electrons. The smallest absolute Gasteiger partial charge is 0.332 e. The van der Waals surface area contributed by atoms with Crippen LogP contribution < -0.4 is 0 Å². The van der Waals surface area contributed by atoms with Gasteiger partial charge in [-0.05, 0) is 19.8 Å². The van der Waals surface area contributed by atoms with E-state index in [1.54, 1.807) is 0 Å². The topological polar surface area (TPSA) is 35.5 Å². The zero-order valence-electron chi connectivity index (χ0n) is 8.29. The Hall–Kier alpha value is -0.570. The highest BCUT2D eigenvalue weighted by Gasteiger charge is 2.05. The first-order chi connectivity index (χ1) is 5.52. The molecule has 0 bridgehead atoms. The van der Waals surface area contributed by atoms with E-state index in [1.807, 2.05) is 27.7 Å². The van der Waals surface area contributed by atoms with Crippen molar-refractivity contribution in [3.05, 3.63) is 0 Å². The van der Waals surface area contributed by atoms with E-state index in [-0.39, 0.29) is 18.7 Å².